The molecule has 6 nitrogen and oxygen atoms in total. The van der Waals surface area contributed by atoms with Crippen LogP contribution in [0.5, 0.6) is 0 Å². The number of carbonyl (C=O) groups is 1. The third-order valence-electron chi connectivity index (χ3n) is 6.32. The van der Waals surface area contributed by atoms with Gasteiger partial charge in [0.25, 0.3) is 0 Å². The molecule has 0 aromatic heterocycles. The van der Waals surface area contributed by atoms with Crippen LogP contribution >= 0.6 is 11.6 Å². The summed E-state index contributed by atoms with van der Waals surface area (Å²) in [6, 6.07) is 2.42. The number of hydrogen-bond acceptors (Lipinski definition) is 4. The number of aliphatic hydroxyl groups is 1. The second-order valence-electron chi connectivity index (χ2n) is 9.52. The van der Waals surface area contributed by atoms with Crippen molar-refractivity contribution >= 4 is 31.6 Å². The fourth-order valence-corrected chi connectivity index (χ4v) is 4.94. The van der Waals surface area contributed by atoms with Gasteiger partial charge in [0.1, 0.15) is 6.07 Å². The molecule has 0 aliphatic carbocycles. The Morgan fingerprint density at radius 2 is 1.97 bits per heavy atom. The molecule has 1 fully saturated rings. The van der Waals surface area contributed by atoms with Crippen LogP contribution in [0.3, 0.4) is 0 Å². The molecule has 1 heterocycles. The molecule has 2 rings (SSSR count). The fourth-order valence-electron chi connectivity index (χ4n) is 3.37. The number of rotatable bonds is 4. The Labute approximate surface area is 192 Å². The van der Waals surface area contributed by atoms with Crippen LogP contribution in [0, 0.1) is 18.3 Å². The number of amides is 2. The third-order valence-corrected chi connectivity index (χ3v) is 11.3. The predicted octanol–water partition coefficient (Wildman–Crippen LogP) is 5.44. The van der Waals surface area contributed by atoms with Gasteiger partial charge < -0.3 is 19.7 Å². The van der Waals surface area contributed by atoms with Crippen LogP contribution in [0.15, 0.2) is 12.1 Å². The van der Waals surface area contributed by atoms with E-state index < -0.39 is 38.8 Å². The summed E-state index contributed by atoms with van der Waals surface area (Å²) in [5.74, 6) is 0. The van der Waals surface area contributed by atoms with Gasteiger partial charge in [0.05, 0.1) is 22.7 Å². The van der Waals surface area contributed by atoms with Crippen LogP contribution in [0.2, 0.25) is 23.2 Å². The van der Waals surface area contributed by atoms with E-state index in [0.717, 1.165) is 4.90 Å². The third kappa shape index (κ3) is 5.39. The lowest BCUT2D eigenvalue weighted by molar-refractivity contribution is -0.222. The number of hydrogen-bond donors (Lipinski definition) is 2. The van der Waals surface area contributed by atoms with E-state index in [-0.39, 0.29) is 34.3 Å². The van der Waals surface area contributed by atoms with Crippen molar-refractivity contribution in [2.45, 2.75) is 76.7 Å². The van der Waals surface area contributed by atoms with Crippen molar-refractivity contribution in [2.75, 3.05) is 11.9 Å². The van der Waals surface area contributed by atoms with Crippen LogP contribution in [0.25, 0.3) is 0 Å². The average Bonchev–Trinajstić information content (AvgIpc) is 3.06. The topological polar surface area (TPSA) is 85.6 Å². The Morgan fingerprint density at radius 1 is 1.38 bits per heavy atom. The van der Waals surface area contributed by atoms with Crippen LogP contribution in [0.1, 0.15) is 38.3 Å². The van der Waals surface area contributed by atoms with Gasteiger partial charge in [-0.25, -0.2) is 4.79 Å². The lowest BCUT2D eigenvalue weighted by Crippen LogP contribution is -2.57. The molecule has 178 valence electrons. The number of benzene rings is 1. The van der Waals surface area contributed by atoms with Crippen LogP contribution < -0.4 is 5.32 Å². The Bertz CT molecular complexity index is 913. The number of nitriles is 1. The number of aliphatic hydroxyl groups excluding tert-OH is 1. The van der Waals surface area contributed by atoms with E-state index in [2.05, 4.69) is 5.32 Å². The van der Waals surface area contributed by atoms with Crippen molar-refractivity contribution in [3.05, 3.63) is 28.3 Å². The minimum atomic E-state index is -4.92. The van der Waals surface area contributed by atoms with Gasteiger partial charge in [0, 0.05) is 12.2 Å². The largest absolute Gasteiger partial charge is 0.416 e. The van der Waals surface area contributed by atoms with Crippen molar-refractivity contribution in [1.29, 1.82) is 5.26 Å². The molecule has 0 unspecified atom stereocenters. The number of alkyl halides is 3. The molecule has 3 atom stereocenters. The summed E-state index contributed by atoms with van der Waals surface area (Å²) in [5.41, 5.74) is 0.907. The zero-order valence-corrected chi connectivity index (χ0v) is 20.7. The lowest BCUT2D eigenvalue weighted by atomic mass is 10.1. The van der Waals surface area contributed by atoms with Crippen LogP contribution in [-0.4, -0.2) is 55.3 Å². The average molecular weight is 492 g/mol. The van der Waals surface area contributed by atoms with Crippen molar-refractivity contribution < 1.29 is 27.5 Å². The smallest absolute Gasteiger partial charge is 0.412 e. The highest BCUT2D eigenvalue weighted by Gasteiger charge is 2.54. The quantitative estimate of drug-likeness (QED) is 0.549. The van der Waals surface area contributed by atoms with Crippen LogP contribution in [0.4, 0.5) is 23.7 Å². The zero-order valence-electron chi connectivity index (χ0n) is 19.0. The summed E-state index contributed by atoms with van der Waals surface area (Å²) in [5, 5.41) is 21.7. The Balaban J connectivity index is 2.34. The van der Waals surface area contributed by atoms with Gasteiger partial charge in [-0.2, -0.15) is 18.4 Å². The summed E-state index contributed by atoms with van der Waals surface area (Å²) in [6.45, 7) is 11.3. The second kappa shape index (κ2) is 9.21. The molecule has 1 aliphatic heterocycles. The van der Waals surface area contributed by atoms with Gasteiger partial charge in [-0.15, -0.1) is 0 Å². The van der Waals surface area contributed by atoms with Crippen molar-refractivity contribution in [3.63, 3.8) is 0 Å². The fraction of sp³-hybridized carbons (Fsp3) is 0.619. The summed E-state index contributed by atoms with van der Waals surface area (Å²) in [6.07, 6.45) is -8.46. The number of carbonyl (C=O) groups excluding carboxylic acids is 1. The first-order valence-corrected chi connectivity index (χ1v) is 13.5. The first kappa shape index (κ1) is 26.4. The lowest BCUT2D eigenvalue weighted by Gasteiger charge is -2.41. The molecule has 0 radical (unpaired) electrons. The molecular formula is C21H29ClF3N3O3Si. The van der Waals surface area contributed by atoms with Gasteiger partial charge in [-0.05, 0) is 49.2 Å². The first-order chi connectivity index (χ1) is 14.5. The van der Waals surface area contributed by atoms with E-state index in [1.165, 1.54) is 12.1 Å². The number of anilines is 1. The minimum Gasteiger partial charge on any atom is -0.412 e. The van der Waals surface area contributed by atoms with Gasteiger partial charge in [0.15, 0.2) is 14.4 Å². The van der Waals surface area contributed by atoms with Crippen molar-refractivity contribution in [2.24, 2.45) is 0 Å². The normalized spacial score (nSPS) is 20.8. The minimum absolute atomic E-state index is 0.00795. The highest BCUT2D eigenvalue weighted by molar-refractivity contribution is 6.74. The Kier molecular flexibility index (Phi) is 7.61. The first-order valence-electron chi connectivity index (χ1n) is 10.2. The van der Waals surface area contributed by atoms with Crippen LogP contribution in [-0.2, 0) is 4.43 Å². The number of nitrogens with one attached hydrogen (secondary N) is 1. The summed E-state index contributed by atoms with van der Waals surface area (Å²) in [4.78, 5) is 13.9. The maximum absolute atomic E-state index is 13.5. The monoisotopic (exact) mass is 491 g/mol. The van der Waals surface area contributed by atoms with Gasteiger partial charge in [-0.1, -0.05) is 32.4 Å². The van der Waals surface area contributed by atoms with Gasteiger partial charge in [-0.3, -0.25) is 0 Å². The van der Waals surface area contributed by atoms with E-state index in [9.17, 15) is 23.1 Å². The van der Waals surface area contributed by atoms with Crippen molar-refractivity contribution in [3.8, 4) is 6.07 Å². The SMILES string of the molecule is Cc1c(NC(=O)N2CC[C@H](O[Si](C)(C)C(C)(C)C)[C@H]2[C@H](O)C(F)(F)F)ccc(C#N)c1Cl. The number of halogens is 4. The second-order valence-corrected chi connectivity index (χ2v) is 14.7. The molecule has 11 heteroatoms. The van der Waals surface area contributed by atoms with E-state index >= 15 is 0 Å². The molecule has 1 saturated heterocycles. The molecule has 2 amide bonds. The summed E-state index contributed by atoms with van der Waals surface area (Å²) >= 11 is 6.13. The maximum Gasteiger partial charge on any atom is 0.416 e. The van der Waals surface area contributed by atoms with E-state index in [1.807, 2.05) is 39.9 Å². The Morgan fingerprint density at radius 3 is 2.47 bits per heavy atom. The molecule has 1 aromatic carbocycles. The molecule has 2 N–H and O–H groups in total. The van der Waals surface area contributed by atoms with E-state index in [1.54, 1.807) is 6.92 Å². The Hall–Kier alpha value is -1.80. The number of nitrogens with zero attached hydrogens (tertiary/aromatic N) is 2. The van der Waals surface area contributed by atoms with E-state index in [4.69, 9.17) is 21.3 Å². The number of urea groups is 1. The highest BCUT2D eigenvalue weighted by atomic mass is 35.5. The van der Waals surface area contributed by atoms with Gasteiger partial charge >= 0.3 is 12.2 Å². The zero-order chi connectivity index (χ0) is 24.6. The maximum atomic E-state index is 13.5. The molecule has 0 spiro atoms. The standard InChI is InChI=1S/C21H29ClF3N3O3Si/c1-12-14(8-7-13(11-26)16(12)22)27-19(30)28-10-9-15(17(28)18(29)21(23,24)25)31-32(5,6)20(2,3)4/h7-8,15,17-18,29H,9-10H2,1-6H3,(H,27,30)/t15-,17-,18-/m0/s1. The highest BCUT2D eigenvalue weighted by Crippen LogP contribution is 2.41. The molecule has 0 bridgehead atoms. The van der Waals surface area contributed by atoms with Gasteiger partial charge in [0.2, 0.25) is 0 Å². The van der Waals surface area contributed by atoms with Crippen molar-refractivity contribution in [1.82, 2.24) is 4.90 Å². The molecule has 1 aliphatic rings. The molecular weight excluding hydrogens is 463 g/mol. The summed E-state index contributed by atoms with van der Waals surface area (Å²) in [7, 11) is -2.47. The molecule has 32 heavy (non-hydrogen) atoms. The molecule has 0 saturated carbocycles. The number of likely N-dealkylation sites (tertiary alicyclic amines) is 1. The van der Waals surface area contributed by atoms with E-state index in [0.29, 0.717) is 5.56 Å². The summed E-state index contributed by atoms with van der Waals surface area (Å²) < 4.78 is 46.7. The molecule has 1 aromatic rings. The predicted molar refractivity (Wildman–Crippen MR) is 119 cm³/mol.